The highest BCUT2D eigenvalue weighted by molar-refractivity contribution is 5.47. The zero-order valence-electron chi connectivity index (χ0n) is 14.5. The van der Waals surface area contributed by atoms with E-state index in [1.54, 1.807) is 11.0 Å². The quantitative estimate of drug-likeness (QED) is 0.729. The van der Waals surface area contributed by atoms with Gasteiger partial charge in [-0.15, -0.1) is 0 Å². The molecule has 128 valence electrons. The molecule has 0 spiro atoms. The fourth-order valence-corrected chi connectivity index (χ4v) is 3.05. The first-order chi connectivity index (χ1) is 12.2. The van der Waals surface area contributed by atoms with Gasteiger partial charge >= 0.3 is 0 Å². The minimum Gasteiger partial charge on any atom is -0.353 e. The molecule has 0 radical (unpaired) electrons. The summed E-state index contributed by atoms with van der Waals surface area (Å²) in [6.45, 7) is 7.66. The molecule has 7 nitrogen and oxygen atoms in total. The molecule has 3 aromatic heterocycles. The van der Waals surface area contributed by atoms with Gasteiger partial charge in [-0.2, -0.15) is 5.10 Å². The van der Waals surface area contributed by atoms with Gasteiger partial charge in [-0.3, -0.25) is 0 Å². The summed E-state index contributed by atoms with van der Waals surface area (Å²) in [5, 5.41) is 4.42. The van der Waals surface area contributed by atoms with Crippen molar-refractivity contribution < 1.29 is 0 Å². The molecule has 4 rings (SSSR count). The Balaban J connectivity index is 1.47. The van der Waals surface area contributed by atoms with Crippen molar-refractivity contribution in [1.82, 2.24) is 24.7 Å². The first-order valence-corrected chi connectivity index (χ1v) is 8.47. The van der Waals surface area contributed by atoms with E-state index >= 15 is 0 Å². The highest BCUT2D eigenvalue weighted by atomic mass is 15.3. The molecule has 3 aromatic rings. The van der Waals surface area contributed by atoms with Crippen molar-refractivity contribution in [2.24, 2.45) is 0 Å². The summed E-state index contributed by atoms with van der Waals surface area (Å²) in [6, 6.07) is 10.1. The van der Waals surface area contributed by atoms with Crippen LogP contribution in [0.4, 0.5) is 11.6 Å². The zero-order chi connectivity index (χ0) is 17.2. The van der Waals surface area contributed by atoms with Gasteiger partial charge in [0.15, 0.2) is 5.82 Å². The lowest BCUT2D eigenvalue weighted by atomic mass is 10.3. The zero-order valence-corrected chi connectivity index (χ0v) is 14.5. The molecule has 1 aliphatic heterocycles. The SMILES string of the molecule is Cc1cccc(N2CCN(c3cc(-n4ccc(C)n4)ncn3)CC2)n1. The molecule has 25 heavy (non-hydrogen) atoms. The van der Waals surface area contributed by atoms with Gasteiger partial charge in [-0.1, -0.05) is 6.07 Å². The third-order valence-electron chi connectivity index (χ3n) is 4.40. The Morgan fingerprint density at radius 1 is 0.800 bits per heavy atom. The van der Waals surface area contributed by atoms with Crippen LogP contribution in [0, 0.1) is 13.8 Å². The van der Waals surface area contributed by atoms with Crippen molar-refractivity contribution >= 4 is 11.6 Å². The summed E-state index contributed by atoms with van der Waals surface area (Å²) in [5.74, 6) is 2.78. The van der Waals surface area contributed by atoms with Crippen LogP contribution >= 0.6 is 0 Å². The second-order valence-electron chi connectivity index (χ2n) is 6.25. The van der Waals surface area contributed by atoms with E-state index in [1.165, 1.54) is 0 Å². The molecule has 0 amide bonds. The fourth-order valence-electron chi connectivity index (χ4n) is 3.05. The van der Waals surface area contributed by atoms with E-state index in [-0.39, 0.29) is 0 Å². The largest absolute Gasteiger partial charge is 0.353 e. The Morgan fingerprint density at radius 2 is 1.52 bits per heavy atom. The third-order valence-corrected chi connectivity index (χ3v) is 4.40. The Bertz CT molecular complexity index is 865. The Morgan fingerprint density at radius 3 is 2.20 bits per heavy atom. The number of aromatic nitrogens is 5. The molecule has 0 unspecified atom stereocenters. The van der Waals surface area contributed by atoms with Crippen molar-refractivity contribution in [3.8, 4) is 5.82 Å². The molecule has 1 aliphatic rings. The van der Waals surface area contributed by atoms with Crippen LogP contribution in [-0.2, 0) is 0 Å². The number of rotatable bonds is 3. The van der Waals surface area contributed by atoms with Crippen LogP contribution in [0.5, 0.6) is 0 Å². The molecule has 0 bridgehead atoms. The van der Waals surface area contributed by atoms with Gasteiger partial charge in [0.1, 0.15) is 18.0 Å². The van der Waals surface area contributed by atoms with Crippen LogP contribution < -0.4 is 9.80 Å². The minimum atomic E-state index is 0.792. The van der Waals surface area contributed by atoms with E-state index in [1.807, 2.05) is 38.2 Å². The first kappa shape index (κ1) is 15.6. The highest BCUT2D eigenvalue weighted by Gasteiger charge is 2.19. The summed E-state index contributed by atoms with van der Waals surface area (Å²) < 4.78 is 1.79. The van der Waals surface area contributed by atoms with E-state index in [0.29, 0.717) is 0 Å². The van der Waals surface area contributed by atoms with Crippen molar-refractivity contribution in [3.05, 3.63) is 54.2 Å². The van der Waals surface area contributed by atoms with Crippen LogP contribution in [0.3, 0.4) is 0 Å². The van der Waals surface area contributed by atoms with Crippen LogP contribution in [0.25, 0.3) is 5.82 Å². The monoisotopic (exact) mass is 335 g/mol. The van der Waals surface area contributed by atoms with Gasteiger partial charge in [0, 0.05) is 44.1 Å². The van der Waals surface area contributed by atoms with E-state index in [9.17, 15) is 0 Å². The molecule has 0 aromatic carbocycles. The number of nitrogens with zero attached hydrogens (tertiary/aromatic N) is 7. The molecule has 0 aliphatic carbocycles. The molecule has 0 N–H and O–H groups in total. The molecular weight excluding hydrogens is 314 g/mol. The van der Waals surface area contributed by atoms with E-state index < -0.39 is 0 Å². The number of hydrogen-bond donors (Lipinski definition) is 0. The molecule has 1 saturated heterocycles. The second-order valence-corrected chi connectivity index (χ2v) is 6.25. The molecule has 0 atom stereocenters. The summed E-state index contributed by atoms with van der Waals surface area (Å²) in [5.41, 5.74) is 2.02. The standard InChI is InChI=1S/C18H21N7/c1-14-4-3-5-16(21-14)23-8-10-24(11-9-23)17-12-18(20-13-19-17)25-7-6-15(2)22-25/h3-7,12-13H,8-11H2,1-2H3. The molecule has 0 saturated carbocycles. The van der Waals surface area contributed by atoms with Crippen molar-refractivity contribution in [1.29, 1.82) is 0 Å². The average Bonchev–Trinajstić information content (AvgIpc) is 3.08. The summed E-state index contributed by atoms with van der Waals surface area (Å²) >= 11 is 0. The van der Waals surface area contributed by atoms with Crippen LogP contribution in [-0.4, -0.2) is 50.9 Å². The number of hydrogen-bond acceptors (Lipinski definition) is 6. The maximum Gasteiger partial charge on any atom is 0.158 e. The molecule has 7 heteroatoms. The number of piperazine rings is 1. The predicted molar refractivity (Wildman–Crippen MR) is 97.3 cm³/mol. The first-order valence-electron chi connectivity index (χ1n) is 8.47. The van der Waals surface area contributed by atoms with Crippen molar-refractivity contribution in [3.63, 3.8) is 0 Å². The van der Waals surface area contributed by atoms with Crippen molar-refractivity contribution in [2.75, 3.05) is 36.0 Å². The number of aryl methyl sites for hydroxylation is 2. The summed E-state index contributed by atoms with van der Waals surface area (Å²) in [4.78, 5) is 18.0. The van der Waals surface area contributed by atoms with Crippen molar-refractivity contribution in [2.45, 2.75) is 13.8 Å². The van der Waals surface area contributed by atoms with Gasteiger partial charge in [0.2, 0.25) is 0 Å². The normalized spacial score (nSPS) is 14.8. The van der Waals surface area contributed by atoms with Gasteiger partial charge in [0.05, 0.1) is 5.69 Å². The van der Waals surface area contributed by atoms with E-state index in [2.05, 4.69) is 42.0 Å². The maximum atomic E-state index is 4.62. The van der Waals surface area contributed by atoms with Gasteiger partial charge in [-0.25, -0.2) is 19.6 Å². The third kappa shape index (κ3) is 3.31. The smallest absolute Gasteiger partial charge is 0.158 e. The molecule has 1 fully saturated rings. The minimum absolute atomic E-state index is 0.792. The summed E-state index contributed by atoms with van der Waals surface area (Å²) in [6.07, 6.45) is 3.53. The lowest BCUT2D eigenvalue weighted by molar-refractivity contribution is 0.639. The summed E-state index contributed by atoms with van der Waals surface area (Å²) in [7, 11) is 0. The Hall–Kier alpha value is -2.96. The van der Waals surface area contributed by atoms with E-state index in [4.69, 9.17) is 0 Å². The number of anilines is 2. The lowest BCUT2D eigenvalue weighted by Crippen LogP contribution is -2.47. The number of pyridine rings is 1. The molecule has 4 heterocycles. The van der Waals surface area contributed by atoms with Crippen LogP contribution in [0.1, 0.15) is 11.4 Å². The fraction of sp³-hybridized carbons (Fsp3) is 0.333. The van der Waals surface area contributed by atoms with Gasteiger partial charge in [0.25, 0.3) is 0 Å². The highest BCUT2D eigenvalue weighted by Crippen LogP contribution is 2.19. The van der Waals surface area contributed by atoms with Crippen LogP contribution in [0.15, 0.2) is 42.9 Å². The lowest BCUT2D eigenvalue weighted by Gasteiger charge is -2.36. The van der Waals surface area contributed by atoms with Gasteiger partial charge in [-0.05, 0) is 32.0 Å². The average molecular weight is 335 g/mol. The van der Waals surface area contributed by atoms with E-state index in [0.717, 1.165) is 55.0 Å². The Labute approximate surface area is 147 Å². The van der Waals surface area contributed by atoms with Gasteiger partial charge < -0.3 is 9.80 Å². The Kier molecular flexibility index (Phi) is 4.05. The maximum absolute atomic E-state index is 4.62. The topological polar surface area (TPSA) is 63.0 Å². The molecular formula is C18H21N7. The second kappa shape index (κ2) is 6.51. The van der Waals surface area contributed by atoms with Crippen LogP contribution in [0.2, 0.25) is 0 Å². The predicted octanol–water partition coefficient (Wildman–Crippen LogP) is 2.00.